The van der Waals surface area contributed by atoms with E-state index in [-0.39, 0.29) is 0 Å². The topological polar surface area (TPSA) is 25.8 Å². The second-order valence-electron chi connectivity index (χ2n) is 17.6. The molecule has 0 fully saturated rings. The van der Waals surface area contributed by atoms with Crippen molar-refractivity contribution in [3.05, 3.63) is 274 Å². The van der Waals surface area contributed by atoms with Crippen molar-refractivity contribution in [1.82, 2.24) is 9.97 Å². The highest BCUT2D eigenvalue weighted by Crippen LogP contribution is 2.68. The van der Waals surface area contributed by atoms with E-state index in [9.17, 15) is 0 Å². The van der Waals surface area contributed by atoms with Gasteiger partial charge in [-0.1, -0.05) is 206 Å². The van der Waals surface area contributed by atoms with Gasteiger partial charge in [-0.3, -0.25) is 0 Å². The average molecular weight is 815 g/mol. The lowest BCUT2D eigenvalue weighted by atomic mass is 9.51. The zero-order valence-corrected chi connectivity index (χ0v) is 35.7. The first-order chi connectivity index (χ1) is 31.6. The fourth-order valence-corrected chi connectivity index (χ4v) is 11.9. The van der Waals surface area contributed by atoms with Gasteiger partial charge in [-0.15, -0.1) is 0 Å². The van der Waals surface area contributed by atoms with Gasteiger partial charge in [0.1, 0.15) is 0 Å². The van der Waals surface area contributed by atoms with E-state index in [1.807, 2.05) is 0 Å². The van der Waals surface area contributed by atoms with Crippen molar-refractivity contribution in [2.24, 2.45) is 0 Å². The maximum absolute atomic E-state index is 5.71. The molecule has 0 unspecified atom stereocenters. The number of fused-ring (bicyclic) bond motifs is 16. The minimum absolute atomic E-state index is 0.605. The molecule has 10 aromatic rings. The summed E-state index contributed by atoms with van der Waals surface area (Å²) in [6.07, 6.45) is 0. The van der Waals surface area contributed by atoms with Gasteiger partial charge in [-0.05, 0) is 115 Å². The maximum atomic E-state index is 5.71. The van der Waals surface area contributed by atoms with Crippen LogP contribution in [0.2, 0.25) is 0 Å². The van der Waals surface area contributed by atoms with E-state index in [4.69, 9.17) is 9.97 Å². The van der Waals surface area contributed by atoms with Crippen molar-refractivity contribution >= 4 is 0 Å². The van der Waals surface area contributed by atoms with Crippen molar-refractivity contribution in [2.75, 3.05) is 0 Å². The summed E-state index contributed by atoms with van der Waals surface area (Å²) in [7, 11) is 0. The molecule has 3 aliphatic rings. The van der Waals surface area contributed by atoms with E-state index in [2.05, 4.69) is 232 Å². The monoisotopic (exact) mass is 814 g/mol. The molecule has 0 aliphatic heterocycles. The van der Waals surface area contributed by atoms with Gasteiger partial charge in [0.15, 0.2) is 5.82 Å². The molecule has 1 aromatic heterocycles. The summed E-state index contributed by atoms with van der Waals surface area (Å²) < 4.78 is 0. The molecular weight excluding hydrogens is 773 g/mol. The number of rotatable bonds is 4. The number of hydrogen-bond acceptors (Lipinski definition) is 2. The van der Waals surface area contributed by atoms with Gasteiger partial charge < -0.3 is 0 Å². The third kappa shape index (κ3) is 4.85. The van der Waals surface area contributed by atoms with Crippen LogP contribution >= 0.6 is 0 Å². The van der Waals surface area contributed by atoms with Crippen molar-refractivity contribution < 1.29 is 0 Å². The summed E-state index contributed by atoms with van der Waals surface area (Å²) in [5, 5.41) is 0. The Bertz CT molecular complexity index is 3450. The lowest BCUT2D eigenvalue weighted by Gasteiger charge is -2.49. The van der Waals surface area contributed by atoms with Crippen LogP contribution in [0.1, 0.15) is 55.6 Å². The number of nitrogens with zero attached hydrogens (tertiary/aromatic N) is 2. The average Bonchev–Trinajstić information content (AvgIpc) is 3.82. The number of aromatic nitrogens is 2. The molecule has 2 nitrogen and oxygen atoms in total. The summed E-state index contributed by atoms with van der Waals surface area (Å²) in [4.78, 5) is 11.3. The first-order valence-corrected chi connectivity index (χ1v) is 22.3. The predicted molar refractivity (Wildman–Crippen MR) is 261 cm³/mol. The molecule has 0 saturated heterocycles. The molecule has 0 N–H and O–H groups in total. The number of hydrogen-bond donors (Lipinski definition) is 0. The lowest BCUT2D eigenvalue weighted by molar-refractivity contribution is 0.634. The zero-order chi connectivity index (χ0) is 42.6. The summed E-state index contributed by atoms with van der Waals surface area (Å²) in [5.41, 5.74) is 23.9. The van der Waals surface area contributed by atoms with Crippen LogP contribution in [-0.4, -0.2) is 9.97 Å². The summed E-state index contributed by atoms with van der Waals surface area (Å²) >= 11 is 0. The highest BCUT2D eigenvalue weighted by Gasteiger charge is 2.59. The van der Waals surface area contributed by atoms with E-state index in [1.54, 1.807) is 0 Å². The molecule has 3 aliphatic carbocycles. The Hall–Kier alpha value is -7.94. The fraction of sp³-hybridized carbons (Fsp3) is 0.0645. The molecule has 9 aromatic carbocycles. The number of aryl methyl sites for hydroxylation is 2. The van der Waals surface area contributed by atoms with Gasteiger partial charge in [0.2, 0.25) is 0 Å². The Balaban J connectivity index is 1.18. The largest absolute Gasteiger partial charge is 0.228 e. The molecule has 2 spiro atoms. The second kappa shape index (κ2) is 13.8. The summed E-state index contributed by atoms with van der Waals surface area (Å²) in [5.74, 6) is 0.710. The molecule has 0 amide bonds. The fourth-order valence-electron chi connectivity index (χ4n) is 11.9. The first-order valence-electron chi connectivity index (χ1n) is 22.3. The van der Waals surface area contributed by atoms with Crippen molar-refractivity contribution in [3.63, 3.8) is 0 Å². The van der Waals surface area contributed by atoms with E-state index in [1.165, 1.54) is 89.0 Å². The van der Waals surface area contributed by atoms with Crippen LogP contribution in [0.15, 0.2) is 218 Å². The Kier molecular flexibility index (Phi) is 7.90. The first kappa shape index (κ1) is 36.7. The maximum Gasteiger partial charge on any atom is 0.160 e. The molecular formula is C62H42N2. The van der Waals surface area contributed by atoms with Crippen LogP contribution in [0.25, 0.3) is 67.3 Å². The Morgan fingerprint density at radius 2 is 0.703 bits per heavy atom. The smallest absolute Gasteiger partial charge is 0.160 e. The quantitative estimate of drug-likeness (QED) is 0.177. The predicted octanol–water partition coefficient (Wildman–Crippen LogP) is 14.8. The van der Waals surface area contributed by atoms with Gasteiger partial charge in [-0.25, -0.2) is 9.97 Å². The molecule has 0 atom stereocenters. The molecule has 64 heavy (non-hydrogen) atoms. The summed E-state index contributed by atoms with van der Waals surface area (Å²) in [6, 6.07) is 80.8. The van der Waals surface area contributed by atoms with Crippen LogP contribution in [0.4, 0.5) is 0 Å². The van der Waals surface area contributed by atoms with Crippen molar-refractivity contribution in [3.8, 4) is 67.3 Å². The third-order valence-corrected chi connectivity index (χ3v) is 14.5. The molecule has 2 heteroatoms. The molecule has 300 valence electrons. The van der Waals surface area contributed by atoms with Crippen molar-refractivity contribution in [2.45, 2.75) is 24.7 Å². The van der Waals surface area contributed by atoms with Crippen molar-refractivity contribution in [1.29, 1.82) is 0 Å². The van der Waals surface area contributed by atoms with Crippen LogP contribution in [-0.2, 0) is 10.8 Å². The van der Waals surface area contributed by atoms with Crippen LogP contribution in [0, 0.1) is 13.8 Å². The number of benzene rings is 9. The highest BCUT2D eigenvalue weighted by atomic mass is 14.9. The summed E-state index contributed by atoms with van der Waals surface area (Å²) in [6.45, 7) is 4.39. The van der Waals surface area contributed by atoms with Crippen LogP contribution in [0.5, 0.6) is 0 Å². The molecule has 1 heterocycles. The molecule has 0 saturated carbocycles. The van der Waals surface area contributed by atoms with Gasteiger partial charge in [0, 0.05) is 16.7 Å². The van der Waals surface area contributed by atoms with Crippen LogP contribution < -0.4 is 0 Å². The Morgan fingerprint density at radius 3 is 1.28 bits per heavy atom. The van der Waals surface area contributed by atoms with E-state index < -0.39 is 10.8 Å². The molecule has 0 bridgehead atoms. The van der Waals surface area contributed by atoms with Gasteiger partial charge in [-0.2, -0.15) is 0 Å². The zero-order valence-electron chi connectivity index (χ0n) is 35.7. The minimum Gasteiger partial charge on any atom is -0.228 e. The Morgan fingerprint density at radius 1 is 0.281 bits per heavy atom. The normalized spacial score (nSPS) is 14.0. The third-order valence-electron chi connectivity index (χ3n) is 14.5. The lowest BCUT2D eigenvalue weighted by Crippen LogP contribution is -2.44. The van der Waals surface area contributed by atoms with Gasteiger partial charge in [0.25, 0.3) is 0 Å². The molecule has 0 radical (unpaired) electrons. The van der Waals surface area contributed by atoms with Gasteiger partial charge >= 0.3 is 0 Å². The Labute approximate surface area is 374 Å². The van der Waals surface area contributed by atoms with Crippen LogP contribution in [0.3, 0.4) is 0 Å². The minimum atomic E-state index is -0.679. The van der Waals surface area contributed by atoms with E-state index in [0.29, 0.717) is 5.82 Å². The van der Waals surface area contributed by atoms with E-state index >= 15 is 0 Å². The standard InChI is InChI=1S/C62H42N2/c1-39-19-6-7-22-43(39)49-37-42(36-35-40(49)2)58-38-57(41-20-4-3-5-21-41)63-60(64-58)48-27-18-34-56-59(48)62(52-30-14-10-25-46(52)47-26-11-15-31-53(47)62)55-33-17-16-32-54(55)61(56)50-28-12-8-23-44(50)45-24-9-13-29-51(45)61/h3-38H,1-2H3. The van der Waals surface area contributed by atoms with Gasteiger partial charge in [0.05, 0.1) is 22.2 Å². The SMILES string of the molecule is Cc1ccccc1-c1cc(-c2cc(-c3ccccc3)nc(-c3cccc4c3C3(c5ccccc5-c5ccccc53)c3ccccc3C43c4ccccc4-c4ccccc43)n2)ccc1C. The molecule has 13 rings (SSSR count). The van der Waals surface area contributed by atoms with E-state index in [0.717, 1.165) is 28.1 Å². The second-order valence-corrected chi connectivity index (χ2v) is 17.6. The highest BCUT2D eigenvalue weighted by molar-refractivity contribution is 5.96.